The molecule has 4 nitrogen and oxygen atoms in total. The van der Waals surface area contributed by atoms with Gasteiger partial charge in [-0.1, -0.05) is 27.7 Å². The topological polar surface area (TPSA) is 63.8 Å². The Labute approximate surface area is 104 Å². The zero-order valence-electron chi connectivity index (χ0n) is 11.4. The van der Waals surface area contributed by atoms with Crippen molar-refractivity contribution in [2.24, 2.45) is 0 Å². The van der Waals surface area contributed by atoms with Crippen molar-refractivity contribution < 1.29 is 0 Å². The molecule has 17 heavy (non-hydrogen) atoms. The summed E-state index contributed by atoms with van der Waals surface area (Å²) in [6, 6.07) is 1.81. The molecular weight excluding hydrogens is 212 g/mol. The van der Waals surface area contributed by atoms with E-state index in [9.17, 15) is 0 Å². The predicted octanol–water partition coefficient (Wildman–Crippen LogP) is 3.00. The molecule has 0 aliphatic rings. The van der Waals surface area contributed by atoms with Crippen LogP contribution in [0.2, 0.25) is 0 Å². The third-order valence-corrected chi connectivity index (χ3v) is 3.53. The van der Waals surface area contributed by atoms with Gasteiger partial charge in [-0.15, -0.1) is 0 Å². The van der Waals surface area contributed by atoms with Gasteiger partial charge in [0, 0.05) is 18.0 Å². The van der Waals surface area contributed by atoms with Gasteiger partial charge in [0.15, 0.2) is 0 Å². The second-order valence-electron chi connectivity index (χ2n) is 4.41. The molecule has 96 valence electrons. The summed E-state index contributed by atoms with van der Waals surface area (Å²) < 4.78 is 0. The summed E-state index contributed by atoms with van der Waals surface area (Å²) >= 11 is 0. The number of nitrogen functional groups attached to an aromatic ring is 1. The number of anilines is 2. The number of aryl methyl sites for hydroxylation is 1. The van der Waals surface area contributed by atoms with Crippen molar-refractivity contribution in [3.05, 3.63) is 11.9 Å². The zero-order valence-corrected chi connectivity index (χ0v) is 11.4. The first kappa shape index (κ1) is 13.7. The van der Waals surface area contributed by atoms with E-state index in [1.165, 1.54) is 0 Å². The highest BCUT2D eigenvalue weighted by molar-refractivity contribution is 5.46. The van der Waals surface area contributed by atoms with Crippen LogP contribution < -0.4 is 11.1 Å². The Morgan fingerprint density at radius 2 is 1.71 bits per heavy atom. The number of aromatic nitrogens is 2. The van der Waals surface area contributed by atoms with Gasteiger partial charge in [0.1, 0.15) is 17.5 Å². The van der Waals surface area contributed by atoms with Gasteiger partial charge in [-0.3, -0.25) is 0 Å². The molecule has 0 atom stereocenters. The van der Waals surface area contributed by atoms with E-state index >= 15 is 0 Å². The molecule has 1 heterocycles. The lowest BCUT2D eigenvalue weighted by atomic mass is 9.90. The maximum atomic E-state index is 5.79. The van der Waals surface area contributed by atoms with E-state index in [0.717, 1.165) is 37.3 Å². The molecule has 0 bridgehead atoms. The average molecular weight is 236 g/mol. The van der Waals surface area contributed by atoms with Crippen molar-refractivity contribution in [3.63, 3.8) is 0 Å². The van der Waals surface area contributed by atoms with E-state index in [1.807, 2.05) is 13.0 Å². The van der Waals surface area contributed by atoms with Crippen LogP contribution in [0.5, 0.6) is 0 Å². The fourth-order valence-corrected chi connectivity index (χ4v) is 2.03. The summed E-state index contributed by atoms with van der Waals surface area (Å²) in [5.74, 6) is 2.18. The van der Waals surface area contributed by atoms with Gasteiger partial charge in [-0.05, 0) is 19.3 Å². The third kappa shape index (κ3) is 3.32. The summed E-state index contributed by atoms with van der Waals surface area (Å²) in [4.78, 5) is 8.67. The Hall–Kier alpha value is -1.32. The molecule has 4 heteroatoms. The molecule has 1 aromatic rings. The molecule has 3 N–H and O–H groups in total. The Bertz CT molecular complexity index is 350. The van der Waals surface area contributed by atoms with Gasteiger partial charge in [-0.2, -0.15) is 0 Å². The average Bonchev–Trinajstić information content (AvgIpc) is 2.35. The first-order chi connectivity index (χ1) is 8.09. The quantitative estimate of drug-likeness (QED) is 0.797. The Balaban J connectivity index is 2.96. The van der Waals surface area contributed by atoms with Crippen LogP contribution in [-0.4, -0.2) is 15.5 Å². The van der Waals surface area contributed by atoms with Crippen molar-refractivity contribution >= 4 is 11.6 Å². The van der Waals surface area contributed by atoms with E-state index in [2.05, 4.69) is 36.1 Å². The number of hydrogen-bond donors (Lipinski definition) is 2. The molecule has 0 aromatic carbocycles. The van der Waals surface area contributed by atoms with Gasteiger partial charge in [0.25, 0.3) is 0 Å². The smallest absolute Gasteiger partial charge is 0.132 e. The molecule has 0 aliphatic heterocycles. The van der Waals surface area contributed by atoms with Crippen LogP contribution in [0.1, 0.15) is 52.8 Å². The molecule has 1 aromatic heterocycles. The van der Waals surface area contributed by atoms with Crippen molar-refractivity contribution in [1.29, 1.82) is 0 Å². The van der Waals surface area contributed by atoms with Crippen LogP contribution in [0.4, 0.5) is 11.6 Å². The lowest BCUT2D eigenvalue weighted by molar-refractivity contribution is 0.419. The summed E-state index contributed by atoms with van der Waals surface area (Å²) in [6.45, 7) is 8.63. The number of nitrogens with two attached hydrogens (primary N) is 1. The molecule has 0 amide bonds. The summed E-state index contributed by atoms with van der Waals surface area (Å²) in [7, 11) is 0. The van der Waals surface area contributed by atoms with E-state index in [-0.39, 0.29) is 5.54 Å². The fraction of sp³-hybridized carbons (Fsp3) is 0.692. The highest BCUT2D eigenvalue weighted by Crippen LogP contribution is 2.25. The van der Waals surface area contributed by atoms with Crippen molar-refractivity contribution in [3.8, 4) is 0 Å². The second kappa shape index (κ2) is 5.84. The molecule has 0 unspecified atom stereocenters. The maximum absolute atomic E-state index is 5.79. The van der Waals surface area contributed by atoms with Crippen LogP contribution >= 0.6 is 0 Å². The maximum Gasteiger partial charge on any atom is 0.132 e. The third-order valence-electron chi connectivity index (χ3n) is 3.53. The Morgan fingerprint density at radius 1 is 1.12 bits per heavy atom. The standard InChI is InChI=1S/C13H24N4/c1-5-11-15-10(14)9-12(16-11)17-13(6-2,7-3)8-4/h9H,5-8H2,1-4H3,(H3,14,15,16,17). The largest absolute Gasteiger partial charge is 0.384 e. The van der Waals surface area contributed by atoms with Gasteiger partial charge >= 0.3 is 0 Å². The molecular formula is C13H24N4. The van der Waals surface area contributed by atoms with Gasteiger partial charge in [-0.25, -0.2) is 9.97 Å². The minimum atomic E-state index is 0.117. The minimum Gasteiger partial charge on any atom is -0.384 e. The van der Waals surface area contributed by atoms with E-state index in [0.29, 0.717) is 5.82 Å². The molecule has 0 radical (unpaired) electrons. The predicted molar refractivity (Wildman–Crippen MR) is 73.0 cm³/mol. The SMILES string of the molecule is CCc1nc(N)cc(NC(CC)(CC)CC)n1. The summed E-state index contributed by atoms with van der Waals surface area (Å²) in [5.41, 5.74) is 5.90. The normalized spacial score (nSPS) is 11.5. The summed E-state index contributed by atoms with van der Waals surface area (Å²) in [6.07, 6.45) is 4.03. The van der Waals surface area contributed by atoms with Gasteiger partial charge in [0.05, 0.1) is 0 Å². The van der Waals surface area contributed by atoms with E-state index in [1.54, 1.807) is 0 Å². The van der Waals surface area contributed by atoms with Crippen LogP contribution in [-0.2, 0) is 6.42 Å². The van der Waals surface area contributed by atoms with E-state index < -0.39 is 0 Å². The van der Waals surface area contributed by atoms with E-state index in [4.69, 9.17) is 5.73 Å². The highest BCUT2D eigenvalue weighted by Gasteiger charge is 2.24. The number of nitrogens with zero attached hydrogens (tertiary/aromatic N) is 2. The van der Waals surface area contributed by atoms with Crippen LogP contribution in [0.3, 0.4) is 0 Å². The Morgan fingerprint density at radius 3 is 2.18 bits per heavy atom. The van der Waals surface area contributed by atoms with Gasteiger partial charge < -0.3 is 11.1 Å². The fourth-order valence-electron chi connectivity index (χ4n) is 2.03. The number of hydrogen-bond acceptors (Lipinski definition) is 4. The van der Waals surface area contributed by atoms with Crippen molar-refractivity contribution in [1.82, 2.24) is 9.97 Å². The second-order valence-corrected chi connectivity index (χ2v) is 4.41. The lowest BCUT2D eigenvalue weighted by Gasteiger charge is -2.32. The Kier molecular flexibility index (Phi) is 4.73. The van der Waals surface area contributed by atoms with Crippen LogP contribution in [0.15, 0.2) is 6.07 Å². The molecule has 0 fully saturated rings. The monoisotopic (exact) mass is 236 g/mol. The van der Waals surface area contributed by atoms with Crippen LogP contribution in [0.25, 0.3) is 0 Å². The first-order valence-electron chi connectivity index (χ1n) is 6.50. The minimum absolute atomic E-state index is 0.117. The molecule has 0 saturated heterocycles. The molecule has 1 rings (SSSR count). The van der Waals surface area contributed by atoms with Crippen molar-refractivity contribution in [2.75, 3.05) is 11.1 Å². The van der Waals surface area contributed by atoms with Gasteiger partial charge in [0.2, 0.25) is 0 Å². The highest BCUT2D eigenvalue weighted by atomic mass is 15.1. The summed E-state index contributed by atoms with van der Waals surface area (Å²) in [5, 5.41) is 3.53. The van der Waals surface area contributed by atoms with Crippen molar-refractivity contribution in [2.45, 2.75) is 58.9 Å². The zero-order chi connectivity index (χ0) is 12.9. The first-order valence-corrected chi connectivity index (χ1v) is 6.50. The molecule has 0 spiro atoms. The number of nitrogens with one attached hydrogen (secondary N) is 1. The number of rotatable bonds is 6. The molecule has 0 saturated carbocycles. The van der Waals surface area contributed by atoms with Crippen LogP contribution in [0, 0.1) is 0 Å². The molecule has 0 aliphatic carbocycles. The lowest BCUT2D eigenvalue weighted by Crippen LogP contribution is -2.36.